The van der Waals surface area contributed by atoms with E-state index in [4.69, 9.17) is 16.3 Å². The molecule has 7 heteroatoms. The normalized spacial score (nSPS) is 10.7. The predicted molar refractivity (Wildman–Crippen MR) is 105 cm³/mol. The van der Waals surface area contributed by atoms with Crippen molar-refractivity contribution < 1.29 is 9.84 Å². The van der Waals surface area contributed by atoms with Crippen LogP contribution in [-0.2, 0) is 6.61 Å². The lowest BCUT2D eigenvalue weighted by Crippen LogP contribution is -2.00. The minimum absolute atomic E-state index is 0.0919. The molecule has 6 nitrogen and oxygen atoms in total. The highest BCUT2D eigenvalue weighted by atomic mass is 35.5. The lowest BCUT2D eigenvalue weighted by molar-refractivity contribution is 0.301. The molecule has 0 aliphatic heterocycles. The molecule has 0 unspecified atom stereocenters. The van der Waals surface area contributed by atoms with Gasteiger partial charge in [0.2, 0.25) is 0 Å². The van der Waals surface area contributed by atoms with E-state index in [9.17, 15) is 5.11 Å². The number of pyridine rings is 1. The van der Waals surface area contributed by atoms with Gasteiger partial charge in [-0.2, -0.15) is 0 Å². The van der Waals surface area contributed by atoms with Crippen LogP contribution in [0.2, 0.25) is 5.02 Å². The Hall–Kier alpha value is -3.38. The van der Waals surface area contributed by atoms with Gasteiger partial charge in [-0.3, -0.25) is 4.98 Å². The maximum absolute atomic E-state index is 10.2. The predicted octanol–water partition coefficient (Wildman–Crippen LogP) is 4.71. The zero-order valence-electron chi connectivity index (χ0n) is 14.1. The summed E-state index contributed by atoms with van der Waals surface area (Å²) in [6.07, 6.45) is 3.14. The third kappa shape index (κ3) is 3.61. The number of hydrogen-bond donors (Lipinski definition) is 2. The van der Waals surface area contributed by atoms with Crippen molar-refractivity contribution in [2.24, 2.45) is 0 Å². The average Bonchev–Trinajstić information content (AvgIpc) is 2.70. The van der Waals surface area contributed by atoms with Gasteiger partial charge in [0.05, 0.1) is 22.3 Å². The molecule has 27 heavy (non-hydrogen) atoms. The molecular weight excluding hydrogens is 364 g/mol. The van der Waals surface area contributed by atoms with E-state index in [-0.39, 0.29) is 5.75 Å². The van der Waals surface area contributed by atoms with E-state index in [1.54, 1.807) is 30.5 Å². The summed E-state index contributed by atoms with van der Waals surface area (Å²) in [6, 6.07) is 16.2. The van der Waals surface area contributed by atoms with Gasteiger partial charge < -0.3 is 15.2 Å². The number of fused-ring (bicyclic) bond motifs is 1. The van der Waals surface area contributed by atoms with E-state index in [0.29, 0.717) is 39.8 Å². The second-order valence-electron chi connectivity index (χ2n) is 5.75. The summed E-state index contributed by atoms with van der Waals surface area (Å²) in [7, 11) is 0. The van der Waals surface area contributed by atoms with Gasteiger partial charge in [0, 0.05) is 6.20 Å². The maximum atomic E-state index is 10.2. The third-order valence-electron chi connectivity index (χ3n) is 3.96. The van der Waals surface area contributed by atoms with Crippen LogP contribution in [0.25, 0.3) is 10.9 Å². The van der Waals surface area contributed by atoms with Crippen molar-refractivity contribution in [1.29, 1.82) is 0 Å². The molecule has 2 heterocycles. The van der Waals surface area contributed by atoms with Crippen LogP contribution in [-0.4, -0.2) is 20.1 Å². The number of nitrogens with one attached hydrogen (secondary N) is 1. The van der Waals surface area contributed by atoms with Crippen molar-refractivity contribution >= 4 is 34.0 Å². The number of ether oxygens (including phenoxy) is 1. The summed E-state index contributed by atoms with van der Waals surface area (Å²) < 4.78 is 5.80. The van der Waals surface area contributed by atoms with E-state index >= 15 is 0 Å². The van der Waals surface area contributed by atoms with Crippen LogP contribution in [0.15, 0.2) is 67.1 Å². The molecule has 0 atom stereocenters. The van der Waals surface area contributed by atoms with Crippen molar-refractivity contribution in [1.82, 2.24) is 15.0 Å². The first kappa shape index (κ1) is 17.1. The standard InChI is InChI=1S/C20H15ClN4O2/c21-19-15(7-4-9-17(19)27-11-13-5-1-2-10-22-13)25-20-18-14(23-12-24-20)6-3-8-16(18)26/h1-10,12,26H,11H2,(H,23,24,25). The second kappa shape index (κ2) is 7.47. The number of phenols is 1. The van der Waals surface area contributed by atoms with Crippen LogP contribution in [0.4, 0.5) is 11.5 Å². The Kier molecular flexibility index (Phi) is 4.72. The Labute approximate surface area is 160 Å². The molecular formula is C20H15ClN4O2. The number of hydrogen-bond acceptors (Lipinski definition) is 6. The fourth-order valence-corrected chi connectivity index (χ4v) is 2.90. The molecule has 4 rings (SSSR count). The summed E-state index contributed by atoms with van der Waals surface area (Å²) in [5, 5.41) is 14.3. The number of nitrogens with zero attached hydrogens (tertiary/aromatic N) is 3. The molecule has 0 aliphatic carbocycles. The summed E-state index contributed by atoms with van der Waals surface area (Å²) in [5.41, 5.74) is 2.04. The quantitative estimate of drug-likeness (QED) is 0.523. The highest BCUT2D eigenvalue weighted by molar-refractivity contribution is 6.34. The molecule has 0 aliphatic rings. The van der Waals surface area contributed by atoms with Gasteiger partial charge in [0.1, 0.15) is 35.3 Å². The number of anilines is 2. The lowest BCUT2D eigenvalue weighted by Gasteiger charge is -2.13. The molecule has 0 saturated carbocycles. The molecule has 2 aromatic heterocycles. The summed E-state index contributed by atoms with van der Waals surface area (Å²) in [6.45, 7) is 0.307. The van der Waals surface area contributed by atoms with Gasteiger partial charge in [-0.05, 0) is 36.4 Å². The molecule has 0 saturated heterocycles. The number of phenolic OH excluding ortho intramolecular Hbond substituents is 1. The summed E-state index contributed by atoms with van der Waals surface area (Å²) >= 11 is 6.50. The molecule has 0 bridgehead atoms. The summed E-state index contributed by atoms with van der Waals surface area (Å²) in [5.74, 6) is 1.08. The van der Waals surface area contributed by atoms with Crippen LogP contribution in [0, 0.1) is 0 Å². The first-order valence-electron chi connectivity index (χ1n) is 8.23. The number of benzene rings is 2. The first-order chi connectivity index (χ1) is 13.2. The molecule has 4 aromatic rings. The molecule has 0 fully saturated rings. The van der Waals surface area contributed by atoms with Gasteiger partial charge in [0.15, 0.2) is 0 Å². The smallest absolute Gasteiger partial charge is 0.145 e. The first-order valence-corrected chi connectivity index (χ1v) is 8.61. The van der Waals surface area contributed by atoms with Crippen molar-refractivity contribution in [3.8, 4) is 11.5 Å². The fourth-order valence-electron chi connectivity index (χ4n) is 2.67. The van der Waals surface area contributed by atoms with Crippen molar-refractivity contribution in [2.75, 3.05) is 5.32 Å². The highest BCUT2D eigenvalue weighted by Crippen LogP contribution is 2.36. The Morgan fingerprint density at radius 3 is 2.70 bits per heavy atom. The fraction of sp³-hybridized carbons (Fsp3) is 0.0500. The average molecular weight is 379 g/mol. The zero-order valence-corrected chi connectivity index (χ0v) is 14.9. The van der Waals surface area contributed by atoms with Crippen molar-refractivity contribution in [3.63, 3.8) is 0 Å². The Balaban J connectivity index is 1.62. The Bertz CT molecular complexity index is 1080. The van der Waals surface area contributed by atoms with Crippen molar-refractivity contribution in [2.45, 2.75) is 6.61 Å². The number of aromatic hydroxyl groups is 1. The van der Waals surface area contributed by atoms with Crippen LogP contribution in [0.1, 0.15) is 5.69 Å². The van der Waals surface area contributed by atoms with Crippen LogP contribution >= 0.6 is 11.6 Å². The minimum atomic E-state index is 0.0919. The van der Waals surface area contributed by atoms with Crippen LogP contribution in [0.3, 0.4) is 0 Å². The van der Waals surface area contributed by atoms with Crippen molar-refractivity contribution in [3.05, 3.63) is 77.8 Å². The topological polar surface area (TPSA) is 80.2 Å². The SMILES string of the molecule is Oc1cccc2ncnc(Nc3cccc(OCc4ccccn4)c3Cl)c12. The van der Waals surface area contributed by atoms with E-state index in [1.165, 1.54) is 6.33 Å². The molecule has 0 amide bonds. The summed E-state index contributed by atoms with van der Waals surface area (Å²) in [4.78, 5) is 12.6. The maximum Gasteiger partial charge on any atom is 0.145 e. The number of rotatable bonds is 5. The second-order valence-corrected chi connectivity index (χ2v) is 6.12. The third-order valence-corrected chi connectivity index (χ3v) is 4.35. The zero-order chi connectivity index (χ0) is 18.6. The van der Waals surface area contributed by atoms with Gasteiger partial charge in [-0.25, -0.2) is 9.97 Å². The Morgan fingerprint density at radius 2 is 1.85 bits per heavy atom. The molecule has 0 spiro atoms. The van der Waals surface area contributed by atoms with E-state index in [2.05, 4.69) is 20.3 Å². The minimum Gasteiger partial charge on any atom is -0.507 e. The molecule has 2 aromatic carbocycles. The molecule has 134 valence electrons. The molecule has 2 N–H and O–H groups in total. The van der Waals surface area contributed by atoms with Gasteiger partial charge in [0.25, 0.3) is 0 Å². The monoisotopic (exact) mass is 378 g/mol. The molecule has 0 radical (unpaired) electrons. The van der Waals surface area contributed by atoms with E-state index in [1.807, 2.05) is 30.3 Å². The van der Waals surface area contributed by atoms with Gasteiger partial charge in [-0.1, -0.05) is 29.8 Å². The van der Waals surface area contributed by atoms with Gasteiger partial charge >= 0.3 is 0 Å². The Morgan fingerprint density at radius 1 is 0.963 bits per heavy atom. The highest BCUT2D eigenvalue weighted by Gasteiger charge is 2.12. The van der Waals surface area contributed by atoms with Crippen LogP contribution < -0.4 is 10.1 Å². The largest absolute Gasteiger partial charge is 0.507 e. The van der Waals surface area contributed by atoms with Crippen LogP contribution in [0.5, 0.6) is 11.5 Å². The van der Waals surface area contributed by atoms with Gasteiger partial charge in [-0.15, -0.1) is 0 Å². The lowest BCUT2D eigenvalue weighted by atomic mass is 10.2. The van der Waals surface area contributed by atoms with E-state index < -0.39 is 0 Å². The number of aromatic nitrogens is 3. The van der Waals surface area contributed by atoms with E-state index in [0.717, 1.165) is 5.69 Å². The number of halogens is 1.